The van der Waals surface area contributed by atoms with Crippen molar-refractivity contribution in [3.05, 3.63) is 48.2 Å². The molecule has 1 amide bonds. The molecule has 0 bridgehead atoms. The van der Waals surface area contributed by atoms with Gasteiger partial charge in [-0.2, -0.15) is 15.2 Å². The zero-order valence-corrected chi connectivity index (χ0v) is 22.5. The number of likely N-dealkylation sites (N-methyl/N-ethyl adjacent to an activating group) is 1. The molecule has 2 atom stereocenters. The maximum absolute atomic E-state index is 13.6. The Morgan fingerprint density at radius 1 is 1.21 bits per heavy atom. The largest absolute Gasteiger partial charge is 0.497 e. The van der Waals surface area contributed by atoms with Crippen LogP contribution in [0.3, 0.4) is 0 Å². The molecule has 0 aliphatic carbocycles. The number of hydrogen-bond donors (Lipinski definition) is 2. The average Bonchev–Trinajstić information content (AvgIpc) is 2.97. The summed E-state index contributed by atoms with van der Waals surface area (Å²) in [6, 6.07) is 16.0. The van der Waals surface area contributed by atoms with Gasteiger partial charge in [0.25, 0.3) is 5.91 Å². The van der Waals surface area contributed by atoms with E-state index < -0.39 is 0 Å². The second kappa shape index (κ2) is 12.3. The highest BCUT2D eigenvalue weighted by Crippen LogP contribution is 2.30. The third-order valence-electron chi connectivity index (χ3n) is 7.49. The van der Waals surface area contributed by atoms with E-state index in [1.165, 1.54) is 12.8 Å². The Labute approximate surface area is 228 Å². The molecule has 10 nitrogen and oxygen atoms in total. The molecule has 2 N–H and O–H groups in total. The fourth-order valence-corrected chi connectivity index (χ4v) is 5.25. The second-order valence-electron chi connectivity index (χ2n) is 10.1. The van der Waals surface area contributed by atoms with Crippen molar-refractivity contribution in [3.8, 4) is 17.8 Å². The summed E-state index contributed by atoms with van der Waals surface area (Å²) >= 11 is 0. The number of amides is 1. The summed E-state index contributed by atoms with van der Waals surface area (Å²) in [6.07, 6.45) is 3.81. The van der Waals surface area contributed by atoms with Crippen LogP contribution in [-0.2, 0) is 0 Å². The number of nitrogens with zero attached hydrogens (tertiary/aromatic N) is 5. The minimum absolute atomic E-state index is 0.0272. The Hall–Kier alpha value is -3.94. The molecule has 204 valence electrons. The SMILES string of the molecule is COc1cc(NC(=O)c2cc(N3CCN[C@@H](CC#N)C3)nc(OCC3CCCCN3C)n2)c2ccccc2c1. The van der Waals surface area contributed by atoms with Crippen LogP contribution in [0.25, 0.3) is 10.8 Å². The van der Waals surface area contributed by atoms with E-state index in [0.29, 0.717) is 43.4 Å². The average molecular weight is 530 g/mol. The van der Waals surface area contributed by atoms with Gasteiger partial charge in [-0.05, 0) is 37.9 Å². The van der Waals surface area contributed by atoms with Crippen molar-refractivity contribution in [2.24, 2.45) is 0 Å². The highest BCUT2D eigenvalue weighted by molar-refractivity contribution is 6.09. The van der Waals surface area contributed by atoms with Crippen molar-refractivity contribution in [1.29, 1.82) is 5.26 Å². The lowest BCUT2D eigenvalue weighted by atomic mass is 10.0. The molecule has 1 aromatic heterocycles. The maximum atomic E-state index is 13.6. The predicted octanol–water partition coefficient (Wildman–Crippen LogP) is 3.45. The fraction of sp³-hybridized carbons (Fsp3) is 0.448. The van der Waals surface area contributed by atoms with Gasteiger partial charge in [-0.3, -0.25) is 4.79 Å². The molecule has 2 aliphatic rings. The molecule has 1 unspecified atom stereocenters. The number of fused-ring (bicyclic) bond motifs is 1. The Balaban J connectivity index is 1.43. The van der Waals surface area contributed by atoms with Gasteiger partial charge in [0.2, 0.25) is 0 Å². The second-order valence-corrected chi connectivity index (χ2v) is 10.1. The third kappa shape index (κ3) is 6.38. The standard InChI is InChI=1S/C29H35N7O3/c1-35-13-6-5-8-22(35)19-39-29-33-26(17-27(34-29)36-14-12-31-21(18-36)10-11-30)28(37)32-25-16-23(38-2)15-20-7-3-4-9-24(20)25/h3-4,7,9,15-17,21-22,31H,5-6,8,10,12-14,18-19H2,1-2H3,(H,32,37)/t21-,22?/m0/s1. The number of benzene rings is 2. The lowest BCUT2D eigenvalue weighted by Gasteiger charge is -2.34. The monoisotopic (exact) mass is 529 g/mol. The summed E-state index contributed by atoms with van der Waals surface area (Å²) in [5.74, 6) is 0.903. The number of piperidine rings is 1. The number of nitrogens with one attached hydrogen (secondary N) is 2. The molecule has 0 radical (unpaired) electrons. The molecular formula is C29H35N7O3. The van der Waals surface area contributed by atoms with E-state index in [1.807, 2.05) is 30.3 Å². The van der Waals surface area contributed by atoms with Gasteiger partial charge in [0.1, 0.15) is 23.9 Å². The first-order valence-corrected chi connectivity index (χ1v) is 13.5. The number of nitriles is 1. The summed E-state index contributed by atoms with van der Waals surface area (Å²) in [6.45, 7) is 3.53. The van der Waals surface area contributed by atoms with Gasteiger partial charge in [0, 0.05) is 49.2 Å². The van der Waals surface area contributed by atoms with Gasteiger partial charge in [0.15, 0.2) is 0 Å². The smallest absolute Gasteiger partial charge is 0.319 e. The molecule has 2 saturated heterocycles. The molecular weight excluding hydrogens is 494 g/mol. The van der Waals surface area contributed by atoms with E-state index >= 15 is 0 Å². The topological polar surface area (TPSA) is 116 Å². The molecule has 3 heterocycles. The van der Waals surface area contributed by atoms with E-state index in [9.17, 15) is 10.1 Å². The van der Waals surface area contributed by atoms with Crippen molar-refractivity contribution < 1.29 is 14.3 Å². The van der Waals surface area contributed by atoms with Crippen molar-refractivity contribution in [1.82, 2.24) is 20.2 Å². The number of carbonyl (C=O) groups is 1. The summed E-state index contributed by atoms with van der Waals surface area (Å²) < 4.78 is 11.6. The van der Waals surface area contributed by atoms with Gasteiger partial charge in [-0.15, -0.1) is 0 Å². The number of rotatable bonds is 8. The minimum atomic E-state index is -0.361. The summed E-state index contributed by atoms with van der Waals surface area (Å²) in [5.41, 5.74) is 0.854. The zero-order chi connectivity index (χ0) is 27.2. The van der Waals surface area contributed by atoms with E-state index in [-0.39, 0.29) is 29.7 Å². The lowest BCUT2D eigenvalue weighted by molar-refractivity contribution is 0.101. The number of methoxy groups -OCH3 is 1. The lowest BCUT2D eigenvalue weighted by Crippen LogP contribution is -2.51. The molecule has 3 aromatic rings. The zero-order valence-electron chi connectivity index (χ0n) is 22.5. The molecule has 10 heteroatoms. The van der Waals surface area contributed by atoms with E-state index in [2.05, 4.69) is 38.5 Å². The van der Waals surface area contributed by atoms with Crippen LogP contribution < -0.4 is 25.0 Å². The molecule has 0 saturated carbocycles. The van der Waals surface area contributed by atoms with Crippen LogP contribution in [-0.4, -0.2) is 79.8 Å². The minimum Gasteiger partial charge on any atom is -0.497 e. The number of ether oxygens (including phenoxy) is 2. The van der Waals surface area contributed by atoms with Crippen LogP contribution in [0.1, 0.15) is 36.2 Å². The van der Waals surface area contributed by atoms with Gasteiger partial charge in [0.05, 0.1) is 25.3 Å². The van der Waals surface area contributed by atoms with E-state index in [4.69, 9.17) is 14.5 Å². The molecule has 0 spiro atoms. The molecule has 5 rings (SSSR count). The Morgan fingerprint density at radius 2 is 2.08 bits per heavy atom. The van der Waals surface area contributed by atoms with Crippen LogP contribution in [0.2, 0.25) is 0 Å². The Kier molecular flexibility index (Phi) is 8.39. The number of hydrogen-bond acceptors (Lipinski definition) is 9. The van der Waals surface area contributed by atoms with Gasteiger partial charge < -0.3 is 29.9 Å². The maximum Gasteiger partial charge on any atom is 0.319 e. The van der Waals surface area contributed by atoms with Crippen LogP contribution >= 0.6 is 0 Å². The van der Waals surface area contributed by atoms with Crippen LogP contribution in [0.5, 0.6) is 11.8 Å². The molecule has 2 aliphatic heterocycles. The molecule has 2 aromatic carbocycles. The molecule has 39 heavy (non-hydrogen) atoms. The van der Waals surface area contributed by atoms with Gasteiger partial charge >= 0.3 is 6.01 Å². The normalized spacial score (nSPS) is 19.9. The first kappa shape index (κ1) is 26.7. The fourth-order valence-electron chi connectivity index (χ4n) is 5.25. The first-order valence-electron chi connectivity index (χ1n) is 13.5. The Morgan fingerprint density at radius 3 is 2.90 bits per heavy atom. The predicted molar refractivity (Wildman–Crippen MR) is 150 cm³/mol. The summed E-state index contributed by atoms with van der Waals surface area (Å²) in [7, 11) is 3.71. The number of carbonyl (C=O) groups excluding carboxylic acids is 1. The molecule has 2 fully saturated rings. The number of anilines is 2. The number of piperazine rings is 1. The first-order chi connectivity index (χ1) is 19.0. The van der Waals surface area contributed by atoms with Crippen LogP contribution in [0, 0.1) is 11.3 Å². The van der Waals surface area contributed by atoms with Crippen LogP contribution in [0.4, 0.5) is 11.5 Å². The van der Waals surface area contributed by atoms with Crippen molar-refractivity contribution >= 4 is 28.2 Å². The van der Waals surface area contributed by atoms with Crippen LogP contribution in [0.15, 0.2) is 42.5 Å². The van der Waals surface area contributed by atoms with Gasteiger partial charge in [-0.1, -0.05) is 30.7 Å². The van der Waals surface area contributed by atoms with Gasteiger partial charge in [-0.25, -0.2) is 0 Å². The highest BCUT2D eigenvalue weighted by atomic mass is 16.5. The van der Waals surface area contributed by atoms with Crippen molar-refractivity contribution in [3.63, 3.8) is 0 Å². The highest BCUT2D eigenvalue weighted by Gasteiger charge is 2.25. The summed E-state index contributed by atoms with van der Waals surface area (Å²) in [4.78, 5) is 27.2. The summed E-state index contributed by atoms with van der Waals surface area (Å²) in [5, 5.41) is 17.4. The number of aromatic nitrogens is 2. The Bertz CT molecular complexity index is 1360. The third-order valence-corrected chi connectivity index (χ3v) is 7.49. The van der Waals surface area contributed by atoms with Crippen molar-refractivity contribution in [2.75, 3.05) is 57.2 Å². The quantitative estimate of drug-likeness (QED) is 0.453. The van der Waals surface area contributed by atoms with Crippen molar-refractivity contribution in [2.45, 2.75) is 37.8 Å². The van der Waals surface area contributed by atoms with E-state index in [1.54, 1.807) is 19.2 Å². The van der Waals surface area contributed by atoms with E-state index in [0.717, 1.165) is 30.3 Å². The number of likely N-dealkylation sites (tertiary alicyclic amines) is 1.